The molecule has 0 saturated heterocycles. The molecular weight excluding hydrogens is 350 g/mol. The average Bonchev–Trinajstić information content (AvgIpc) is 3.14. The van der Waals surface area contributed by atoms with Gasteiger partial charge in [-0.2, -0.15) is 10.1 Å². The van der Waals surface area contributed by atoms with Crippen LogP contribution in [-0.4, -0.2) is 25.1 Å². The lowest BCUT2D eigenvalue weighted by atomic mass is 10.1. The zero-order valence-corrected chi connectivity index (χ0v) is 16.0. The van der Waals surface area contributed by atoms with E-state index >= 15 is 0 Å². The van der Waals surface area contributed by atoms with Gasteiger partial charge in [0.1, 0.15) is 6.33 Å². The molecule has 7 nitrogen and oxygen atoms in total. The Morgan fingerprint density at radius 2 is 1.50 bits per heavy atom. The highest BCUT2D eigenvalue weighted by molar-refractivity contribution is 5.65. The molecule has 0 radical (unpaired) electrons. The molecule has 4 aromatic rings. The summed E-state index contributed by atoms with van der Waals surface area (Å²) < 4.78 is 0. The van der Waals surface area contributed by atoms with Gasteiger partial charge in [-0.3, -0.25) is 5.10 Å². The number of benzene rings is 2. The van der Waals surface area contributed by atoms with E-state index in [1.807, 2.05) is 19.9 Å². The molecule has 0 aliphatic rings. The first-order valence-electron chi connectivity index (χ1n) is 8.99. The van der Waals surface area contributed by atoms with E-state index in [0.29, 0.717) is 17.7 Å². The molecule has 3 N–H and O–H groups in total. The summed E-state index contributed by atoms with van der Waals surface area (Å²) in [6, 6.07) is 16.4. The molecule has 0 aliphatic carbocycles. The molecule has 0 atom stereocenters. The predicted molar refractivity (Wildman–Crippen MR) is 111 cm³/mol. The predicted octanol–water partition coefficient (Wildman–Crippen LogP) is 4.67. The first-order chi connectivity index (χ1) is 13.6. The number of H-pyrrole nitrogens is 1. The summed E-state index contributed by atoms with van der Waals surface area (Å²) in [6.07, 6.45) is 1.47. The Hall–Kier alpha value is -3.74. The van der Waals surface area contributed by atoms with Gasteiger partial charge in [-0.05, 0) is 43.5 Å². The van der Waals surface area contributed by atoms with Crippen molar-refractivity contribution in [1.29, 1.82) is 0 Å². The van der Waals surface area contributed by atoms with Crippen molar-refractivity contribution in [2.75, 3.05) is 10.6 Å². The molecule has 2 heterocycles. The minimum Gasteiger partial charge on any atom is -0.324 e. The van der Waals surface area contributed by atoms with Crippen molar-refractivity contribution >= 4 is 23.4 Å². The van der Waals surface area contributed by atoms with Crippen molar-refractivity contribution < 1.29 is 0 Å². The van der Waals surface area contributed by atoms with Gasteiger partial charge in [0.15, 0.2) is 5.82 Å². The summed E-state index contributed by atoms with van der Waals surface area (Å²) in [4.78, 5) is 12.8. The van der Waals surface area contributed by atoms with Crippen LogP contribution in [0.5, 0.6) is 0 Å². The van der Waals surface area contributed by atoms with E-state index in [2.05, 4.69) is 85.2 Å². The van der Waals surface area contributed by atoms with Crippen LogP contribution in [0.15, 0.2) is 54.9 Å². The van der Waals surface area contributed by atoms with Crippen LogP contribution >= 0.6 is 0 Å². The van der Waals surface area contributed by atoms with E-state index in [-0.39, 0.29) is 0 Å². The van der Waals surface area contributed by atoms with E-state index < -0.39 is 0 Å². The van der Waals surface area contributed by atoms with Crippen LogP contribution in [0.3, 0.4) is 0 Å². The first kappa shape index (κ1) is 17.7. The van der Waals surface area contributed by atoms with Crippen molar-refractivity contribution in [3.8, 4) is 11.3 Å². The fraction of sp³-hybridized carbons (Fsp3) is 0.143. The third-order valence-corrected chi connectivity index (χ3v) is 4.39. The fourth-order valence-electron chi connectivity index (χ4n) is 2.79. The van der Waals surface area contributed by atoms with E-state index in [9.17, 15) is 0 Å². The molecule has 0 fully saturated rings. The highest BCUT2D eigenvalue weighted by atomic mass is 15.3. The lowest BCUT2D eigenvalue weighted by Crippen LogP contribution is -2.03. The maximum atomic E-state index is 4.43. The number of hydrogen-bond donors (Lipinski definition) is 3. The van der Waals surface area contributed by atoms with Crippen molar-refractivity contribution in [2.45, 2.75) is 20.8 Å². The van der Waals surface area contributed by atoms with Crippen LogP contribution in [0.25, 0.3) is 11.3 Å². The van der Waals surface area contributed by atoms with Crippen molar-refractivity contribution in [2.24, 2.45) is 0 Å². The van der Waals surface area contributed by atoms with Crippen LogP contribution in [0.2, 0.25) is 0 Å². The number of nitrogens with one attached hydrogen (secondary N) is 3. The van der Waals surface area contributed by atoms with Gasteiger partial charge in [-0.1, -0.05) is 42.0 Å². The SMILES string of the molecule is Cc1ccc(-c2cc(Nc3ncnc(Nc4cc(C)ccc4C)n3)n[nH]2)cc1. The van der Waals surface area contributed by atoms with Crippen LogP contribution < -0.4 is 10.6 Å². The fourth-order valence-corrected chi connectivity index (χ4v) is 2.79. The average molecular weight is 371 g/mol. The van der Waals surface area contributed by atoms with Gasteiger partial charge >= 0.3 is 0 Å². The van der Waals surface area contributed by atoms with Crippen LogP contribution in [0, 0.1) is 20.8 Å². The zero-order valence-electron chi connectivity index (χ0n) is 16.0. The lowest BCUT2D eigenvalue weighted by Gasteiger charge is -2.09. The summed E-state index contributed by atoms with van der Waals surface area (Å²) in [5, 5.41) is 13.7. The second-order valence-corrected chi connectivity index (χ2v) is 6.73. The Kier molecular flexibility index (Phi) is 4.72. The molecule has 0 unspecified atom stereocenters. The lowest BCUT2D eigenvalue weighted by molar-refractivity contribution is 1.04. The van der Waals surface area contributed by atoms with Crippen molar-refractivity contribution in [3.63, 3.8) is 0 Å². The molecule has 0 saturated carbocycles. The highest BCUT2D eigenvalue weighted by Gasteiger charge is 2.07. The highest BCUT2D eigenvalue weighted by Crippen LogP contribution is 2.23. The maximum Gasteiger partial charge on any atom is 0.233 e. The molecule has 140 valence electrons. The summed E-state index contributed by atoms with van der Waals surface area (Å²) in [6.45, 7) is 6.15. The summed E-state index contributed by atoms with van der Waals surface area (Å²) in [7, 11) is 0. The smallest absolute Gasteiger partial charge is 0.233 e. The van der Waals surface area contributed by atoms with Crippen LogP contribution in [0.1, 0.15) is 16.7 Å². The molecule has 28 heavy (non-hydrogen) atoms. The Morgan fingerprint density at radius 3 is 2.29 bits per heavy atom. The molecule has 4 rings (SSSR count). The molecule has 0 amide bonds. The Morgan fingerprint density at radius 1 is 0.786 bits per heavy atom. The summed E-state index contributed by atoms with van der Waals surface area (Å²) in [5.41, 5.74) is 6.47. The first-order valence-corrected chi connectivity index (χ1v) is 8.99. The van der Waals surface area contributed by atoms with E-state index in [4.69, 9.17) is 0 Å². The Labute approximate surface area is 163 Å². The number of rotatable bonds is 5. The Balaban J connectivity index is 1.51. The second kappa shape index (κ2) is 7.48. The van der Waals surface area contributed by atoms with Gasteiger partial charge in [-0.15, -0.1) is 0 Å². The third kappa shape index (κ3) is 3.98. The topological polar surface area (TPSA) is 91.4 Å². The number of anilines is 4. The molecular formula is C21H21N7. The van der Waals surface area contributed by atoms with E-state index in [1.165, 1.54) is 17.5 Å². The van der Waals surface area contributed by atoms with Gasteiger partial charge in [-0.25, -0.2) is 9.97 Å². The molecule has 0 aliphatic heterocycles. The summed E-state index contributed by atoms with van der Waals surface area (Å²) >= 11 is 0. The third-order valence-electron chi connectivity index (χ3n) is 4.39. The molecule has 2 aromatic heterocycles. The standard InChI is InChI=1S/C21H21N7/c1-13-5-8-16(9-6-13)18-11-19(28-27-18)25-21-23-12-22-20(26-21)24-17-10-14(2)4-7-15(17)3/h4-12H,1-3H3,(H3,22,23,24,25,26,27,28). The molecule has 2 aromatic carbocycles. The zero-order chi connectivity index (χ0) is 19.5. The number of hydrogen-bond acceptors (Lipinski definition) is 6. The van der Waals surface area contributed by atoms with Gasteiger partial charge in [0, 0.05) is 11.8 Å². The Bertz CT molecular complexity index is 1100. The summed E-state index contributed by atoms with van der Waals surface area (Å²) in [5.74, 6) is 1.53. The van der Waals surface area contributed by atoms with Crippen molar-refractivity contribution in [1.82, 2.24) is 25.1 Å². The number of aromatic amines is 1. The minimum absolute atomic E-state index is 0.421. The quantitative estimate of drug-likeness (QED) is 0.472. The monoisotopic (exact) mass is 371 g/mol. The van der Waals surface area contributed by atoms with E-state index in [1.54, 1.807) is 0 Å². The van der Waals surface area contributed by atoms with Gasteiger partial charge in [0.25, 0.3) is 0 Å². The molecule has 7 heteroatoms. The minimum atomic E-state index is 0.421. The second-order valence-electron chi connectivity index (χ2n) is 6.73. The normalized spacial score (nSPS) is 10.7. The van der Waals surface area contributed by atoms with Gasteiger partial charge in [0.05, 0.1) is 5.69 Å². The largest absolute Gasteiger partial charge is 0.324 e. The number of aryl methyl sites for hydroxylation is 3. The van der Waals surface area contributed by atoms with Gasteiger partial charge in [0.2, 0.25) is 11.9 Å². The molecule has 0 spiro atoms. The number of nitrogens with zero attached hydrogens (tertiary/aromatic N) is 4. The van der Waals surface area contributed by atoms with E-state index in [0.717, 1.165) is 22.5 Å². The number of aromatic nitrogens is 5. The maximum absolute atomic E-state index is 4.43. The molecule has 0 bridgehead atoms. The van der Waals surface area contributed by atoms with Crippen molar-refractivity contribution in [3.05, 3.63) is 71.5 Å². The van der Waals surface area contributed by atoms with Crippen LogP contribution in [0.4, 0.5) is 23.4 Å². The van der Waals surface area contributed by atoms with Gasteiger partial charge < -0.3 is 10.6 Å². The van der Waals surface area contributed by atoms with Crippen LogP contribution in [-0.2, 0) is 0 Å².